The number of hydrogen-bond donors (Lipinski definition) is 1. The van der Waals surface area contributed by atoms with Crippen LogP contribution in [0.1, 0.15) is 6.42 Å². The quantitative estimate of drug-likeness (QED) is 0.768. The molecule has 1 rings (SSSR count). The lowest BCUT2D eigenvalue weighted by molar-refractivity contribution is 0.300. The Labute approximate surface area is 114 Å². The molecular formula is C11H14BrFO4S. The van der Waals surface area contributed by atoms with Crippen molar-refractivity contribution in [1.29, 1.82) is 0 Å². The molecule has 0 saturated carbocycles. The first-order valence-electron chi connectivity index (χ1n) is 5.34. The molecule has 0 amide bonds. The zero-order chi connectivity index (χ0) is 13.6. The average Bonchev–Trinajstić information content (AvgIpc) is 2.26. The minimum absolute atomic E-state index is 0.0777. The van der Waals surface area contributed by atoms with Crippen molar-refractivity contribution in [3.05, 3.63) is 28.5 Å². The van der Waals surface area contributed by atoms with E-state index in [0.29, 0.717) is 4.47 Å². The molecule has 0 bridgehead atoms. The topological polar surface area (TPSA) is 63.6 Å². The summed E-state index contributed by atoms with van der Waals surface area (Å²) in [7, 11) is -3.23. The lowest BCUT2D eigenvalue weighted by atomic mass is 10.3. The number of rotatable bonds is 7. The van der Waals surface area contributed by atoms with Gasteiger partial charge in [-0.2, -0.15) is 0 Å². The van der Waals surface area contributed by atoms with Gasteiger partial charge in [0.15, 0.2) is 21.4 Å². The highest BCUT2D eigenvalue weighted by Gasteiger charge is 2.10. The summed E-state index contributed by atoms with van der Waals surface area (Å²) in [5, 5.41) is 8.53. The summed E-state index contributed by atoms with van der Waals surface area (Å²) >= 11 is 3.12. The molecule has 0 aliphatic heterocycles. The van der Waals surface area contributed by atoms with Crippen molar-refractivity contribution in [3.63, 3.8) is 0 Å². The van der Waals surface area contributed by atoms with Crippen molar-refractivity contribution in [1.82, 2.24) is 0 Å². The van der Waals surface area contributed by atoms with Gasteiger partial charge in [0.2, 0.25) is 0 Å². The number of hydrogen-bond acceptors (Lipinski definition) is 4. The molecule has 0 aromatic heterocycles. The second-order valence-electron chi connectivity index (χ2n) is 3.65. The number of aliphatic hydroxyl groups is 1. The Morgan fingerprint density at radius 1 is 1.33 bits per heavy atom. The molecule has 1 aromatic rings. The van der Waals surface area contributed by atoms with Crippen LogP contribution >= 0.6 is 15.9 Å². The summed E-state index contributed by atoms with van der Waals surface area (Å²) in [5.41, 5.74) is 0. The highest BCUT2D eigenvalue weighted by atomic mass is 79.9. The monoisotopic (exact) mass is 340 g/mol. The first kappa shape index (κ1) is 15.4. The van der Waals surface area contributed by atoms with E-state index in [1.807, 2.05) is 0 Å². The number of halogens is 2. The zero-order valence-electron chi connectivity index (χ0n) is 9.60. The molecule has 0 aliphatic rings. The van der Waals surface area contributed by atoms with Crippen molar-refractivity contribution in [3.8, 4) is 5.75 Å². The van der Waals surface area contributed by atoms with Gasteiger partial charge in [-0.3, -0.25) is 0 Å². The fraction of sp³-hybridized carbons (Fsp3) is 0.455. The fourth-order valence-corrected chi connectivity index (χ4v) is 2.67. The minimum Gasteiger partial charge on any atom is -0.490 e. The summed E-state index contributed by atoms with van der Waals surface area (Å²) < 4.78 is 41.6. The average molecular weight is 341 g/mol. The maximum Gasteiger partial charge on any atom is 0.166 e. The molecule has 0 fully saturated rings. The van der Waals surface area contributed by atoms with Crippen molar-refractivity contribution in [2.75, 3.05) is 24.7 Å². The van der Waals surface area contributed by atoms with E-state index >= 15 is 0 Å². The van der Waals surface area contributed by atoms with Gasteiger partial charge in [0.1, 0.15) is 0 Å². The van der Waals surface area contributed by atoms with Gasteiger partial charge in [0.05, 0.1) is 24.7 Å². The van der Waals surface area contributed by atoms with Gasteiger partial charge in [-0.25, -0.2) is 12.8 Å². The lowest BCUT2D eigenvalue weighted by Crippen LogP contribution is -2.16. The molecule has 0 unspecified atom stereocenters. The van der Waals surface area contributed by atoms with E-state index in [9.17, 15) is 12.8 Å². The third-order valence-electron chi connectivity index (χ3n) is 2.15. The van der Waals surface area contributed by atoms with E-state index in [1.54, 1.807) is 6.07 Å². The van der Waals surface area contributed by atoms with Gasteiger partial charge < -0.3 is 9.84 Å². The normalized spacial score (nSPS) is 11.5. The van der Waals surface area contributed by atoms with E-state index < -0.39 is 15.7 Å². The first-order valence-corrected chi connectivity index (χ1v) is 7.95. The predicted octanol–water partition coefficient (Wildman–Crippen LogP) is 1.76. The largest absolute Gasteiger partial charge is 0.490 e. The van der Waals surface area contributed by atoms with Crippen LogP contribution in [0.15, 0.2) is 22.7 Å². The van der Waals surface area contributed by atoms with Crippen molar-refractivity contribution in [2.45, 2.75) is 6.42 Å². The molecule has 0 atom stereocenters. The van der Waals surface area contributed by atoms with Crippen LogP contribution < -0.4 is 4.74 Å². The highest BCUT2D eigenvalue weighted by molar-refractivity contribution is 9.10. The first-order chi connectivity index (χ1) is 8.44. The van der Waals surface area contributed by atoms with Gasteiger partial charge >= 0.3 is 0 Å². The predicted molar refractivity (Wildman–Crippen MR) is 70.0 cm³/mol. The second-order valence-corrected chi connectivity index (χ2v) is 6.87. The smallest absolute Gasteiger partial charge is 0.166 e. The summed E-state index contributed by atoms with van der Waals surface area (Å²) in [6.07, 6.45) is 0.262. The van der Waals surface area contributed by atoms with Crippen LogP contribution in [0.2, 0.25) is 0 Å². The lowest BCUT2D eigenvalue weighted by Gasteiger charge is -2.07. The Morgan fingerprint density at radius 2 is 2.06 bits per heavy atom. The Morgan fingerprint density at radius 3 is 2.67 bits per heavy atom. The summed E-state index contributed by atoms with van der Waals surface area (Å²) in [6.45, 7) is -0.270. The summed E-state index contributed by atoms with van der Waals surface area (Å²) in [4.78, 5) is 0. The molecule has 18 heavy (non-hydrogen) atoms. The van der Waals surface area contributed by atoms with Crippen LogP contribution in [0.25, 0.3) is 0 Å². The van der Waals surface area contributed by atoms with Crippen LogP contribution in [0, 0.1) is 5.82 Å². The molecule has 4 nitrogen and oxygen atoms in total. The van der Waals surface area contributed by atoms with E-state index in [1.165, 1.54) is 12.1 Å². The van der Waals surface area contributed by atoms with Crippen LogP contribution in [0.4, 0.5) is 4.39 Å². The molecule has 102 valence electrons. The molecular weight excluding hydrogens is 327 g/mol. The van der Waals surface area contributed by atoms with Gasteiger partial charge in [0, 0.05) is 4.47 Å². The Bertz CT molecular complexity index is 490. The van der Waals surface area contributed by atoms with Gasteiger partial charge in [0.25, 0.3) is 0 Å². The standard InChI is InChI=1S/C11H14BrFO4S/c12-9-2-3-11(10(13)8-9)17-5-1-6-18(15,16)7-4-14/h2-3,8,14H,1,4-7H2. The van der Waals surface area contributed by atoms with Crippen LogP contribution in [-0.4, -0.2) is 38.2 Å². The van der Waals surface area contributed by atoms with Gasteiger partial charge in [-0.05, 0) is 24.6 Å². The van der Waals surface area contributed by atoms with Crippen molar-refractivity contribution < 1.29 is 22.7 Å². The maximum atomic E-state index is 13.3. The fourth-order valence-electron chi connectivity index (χ4n) is 1.29. The summed E-state index contributed by atoms with van der Waals surface area (Å²) in [6, 6.07) is 4.39. The molecule has 0 saturated heterocycles. The van der Waals surface area contributed by atoms with Crippen LogP contribution in [-0.2, 0) is 9.84 Å². The van der Waals surface area contributed by atoms with E-state index in [2.05, 4.69) is 15.9 Å². The molecule has 0 heterocycles. The number of aliphatic hydroxyl groups excluding tert-OH is 1. The third kappa shape index (κ3) is 5.32. The van der Waals surface area contributed by atoms with Crippen LogP contribution in [0.3, 0.4) is 0 Å². The highest BCUT2D eigenvalue weighted by Crippen LogP contribution is 2.21. The van der Waals surface area contributed by atoms with Crippen LogP contribution in [0.5, 0.6) is 5.75 Å². The molecule has 1 aromatic carbocycles. The second kappa shape index (κ2) is 7.06. The molecule has 1 N–H and O–H groups in total. The Hall–Kier alpha value is -0.660. The minimum atomic E-state index is -3.23. The molecule has 0 aliphatic carbocycles. The molecule has 7 heteroatoms. The Balaban J connectivity index is 2.38. The van der Waals surface area contributed by atoms with Gasteiger partial charge in [-0.1, -0.05) is 15.9 Å². The van der Waals surface area contributed by atoms with E-state index in [-0.39, 0.29) is 36.9 Å². The zero-order valence-corrected chi connectivity index (χ0v) is 12.0. The number of sulfone groups is 1. The molecule has 0 spiro atoms. The third-order valence-corrected chi connectivity index (χ3v) is 4.36. The molecule has 0 radical (unpaired) electrons. The van der Waals surface area contributed by atoms with E-state index in [4.69, 9.17) is 9.84 Å². The maximum absolute atomic E-state index is 13.3. The summed E-state index contributed by atoms with van der Waals surface area (Å²) in [5.74, 6) is -0.730. The number of ether oxygens (including phenoxy) is 1. The Kier molecular flexibility index (Phi) is 6.04. The number of benzene rings is 1. The SMILES string of the molecule is O=S(=O)(CCO)CCCOc1ccc(Br)cc1F. The van der Waals surface area contributed by atoms with Gasteiger partial charge in [-0.15, -0.1) is 0 Å². The van der Waals surface area contributed by atoms with Crippen molar-refractivity contribution in [2.24, 2.45) is 0 Å². The van der Waals surface area contributed by atoms with Crippen molar-refractivity contribution >= 4 is 25.8 Å². The van der Waals surface area contributed by atoms with E-state index in [0.717, 1.165) is 0 Å².